The maximum absolute atomic E-state index is 4.40. The van der Waals surface area contributed by atoms with Gasteiger partial charge in [0.1, 0.15) is 0 Å². The van der Waals surface area contributed by atoms with E-state index in [1.54, 1.807) is 0 Å². The maximum atomic E-state index is 4.40. The number of anilines is 1. The van der Waals surface area contributed by atoms with Crippen molar-refractivity contribution in [1.29, 1.82) is 0 Å². The summed E-state index contributed by atoms with van der Waals surface area (Å²) in [5, 5.41) is 3.37. The van der Waals surface area contributed by atoms with Gasteiger partial charge in [0.25, 0.3) is 0 Å². The van der Waals surface area contributed by atoms with Crippen molar-refractivity contribution in [3.8, 4) is 0 Å². The smallest absolute Gasteiger partial charge is 0.0448 e. The first-order chi connectivity index (χ1) is 8.58. The van der Waals surface area contributed by atoms with E-state index in [0.717, 1.165) is 31.9 Å². The molecule has 0 amide bonds. The Bertz CT molecular complexity index is 399. The molecule has 0 bridgehead atoms. The molecular formula is C15H25N3. The Labute approximate surface area is 111 Å². The van der Waals surface area contributed by atoms with Crippen LogP contribution in [0.5, 0.6) is 0 Å². The molecule has 0 radical (unpaired) electrons. The summed E-state index contributed by atoms with van der Waals surface area (Å²) in [6, 6.07) is 2.17. The fourth-order valence-corrected chi connectivity index (χ4v) is 1.96. The summed E-state index contributed by atoms with van der Waals surface area (Å²) in [6.45, 7) is 16.1. The third-order valence-electron chi connectivity index (χ3n) is 2.85. The predicted molar refractivity (Wildman–Crippen MR) is 79.1 cm³/mol. The fraction of sp³-hybridized carbons (Fsp3) is 0.533. The topological polar surface area (TPSA) is 28.2 Å². The number of hydrogen-bond acceptors (Lipinski definition) is 3. The van der Waals surface area contributed by atoms with Crippen LogP contribution in [0.3, 0.4) is 0 Å². The Hall–Kier alpha value is -1.35. The summed E-state index contributed by atoms with van der Waals surface area (Å²) in [7, 11) is 0. The van der Waals surface area contributed by atoms with Gasteiger partial charge in [0, 0.05) is 42.8 Å². The molecule has 18 heavy (non-hydrogen) atoms. The zero-order chi connectivity index (χ0) is 13.5. The van der Waals surface area contributed by atoms with Crippen LogP contribution < -0.4 is 10.2 Å². The molecule has 100 valence electrons. The van der Waals surface area contributed by atoms with Crippen LogP contribution in [0.1, 0.15) is 32.0 Å². The molecule has 0 saturated carbocycles. The first-order valence-corrected chi connectivity index (χ1v) is 6.64. The van der Waals surface area contributed by atoms with Gasteiger partial charge in [-0.2, -0.15) is 0 Å². The zero-order valence-corrected chi connectivity index (χ0v) is 12.1. The summed E-state index contributed by atoms with van der Waals surface area (Å²) in [4.78, 5) is 6.75. The van der Waals surface area contributed by atoms with Crippen molar-refractivity contribution in [3.05, 3.63) is 35.7 Å². The first kappa shape index (κ1) is 14.7. The molecule has 0 fully saturated rings. The van der Waals surface area contributed by atoms with Crippen molar-refractivity contribution < 1.29 is 0 Å². The van der Waals surface area contributed by atoms with Crippen LogP contribution >= 0.6 is 0 Å². The Morgan fingerprint density at radius 2 is 2.17 bits per heavy atom. The second-order valence-corrected chi connectivity index (χ2v) is 4.71. The molecule has 0 atom stereocenters. The van der Waals surface area contributed by atoms with Gasteiger partial charge in [-0.25, -0.2) is 0 Å². The zero-order valence-electron chi connectivity index (χ0n) is 12.1. The number of likely N-dealkylation sites (N-methyl/N-ethyl adjacent to an activating group) is 1. The molecule has 1 heterocycles. The van der Waals surface area contributed by atoms with E-state index >= 15 is 0 Å². The Balaban J connectivity index is 3.01. The molecule has 1 aromatic heterocycles. The standard InChI is InChI=1S/C15H25N3/c1-6-16-9-14-10-17-13(5)8-15(14)18(7-2)11-12(3)4/h8,10,16H,3,6-7,9,11H2,1-2,4-5H3. The van der Waals surface area contributed by atoms with Crippen LogP contribution in [0, 0.1) is 6.92 Å². The normalized spacial score (nSPS) is 10.4. The van der Waals surface area contributed by atoms with Crippen molar-refractivity contribution in [1.82, 2.24) is 10.3 Å². The van der Waals surface area contributed by atoms with E-state index in [1.165, 1.54) is 16.8 Å². The SMILES string of the molecule is C=C(C)CN(CC)c1cc(C)ncc1CNCC. The summed E-state index contributed by atoms with van der Waals surface area (Å²) >= 11 is 0. The lowest BCUT2D eigenvalue weighted by molar-refractivity contribution is 0.718. The molecule has 0 spiro atoms. The molecule has 0 aromatic carbocycles. The lowest BCUT2D eigenvalue weighted by Gasteiger charge is -2.26. The van der Waals surface area contributed by atoms with Crippen molar-refractivity contribution in [2.24, 2.45) is 0 Å². The number of nitrogens with one attached hydrogen (secondary N) is 1. The number of pyridine rings is 1. The molecule has 3 heteroatoms. The van der Waals surface area contributed by atoms with Gasteiger partial charge in [-0.15, -0.1) is 0 Å². The lowest BCUT2D eigenvalue weighted by atomic mass is 10.1. The number of nitrogens with zero attached hydrogens (tertiary/aromatic N) is 2. The van der Waals surface area contributed by atoms with Gasteiger partial charge >= 0.3 is 0 Å². The van der Waals surface area contributed by atoms with Crippen LogP contribution in [-0.2, 0) is 6.54 Å². The third-order valence-corrected chi connectivity index (χ3v) is 2.85. The molecule has 0 aliphatic rings. The Morgan fingerprint density at radius 3 is 2.72 bits per heavy atom. The van der Waals surface area contributed by atoms with Gasteiger partial charge in [0.15, 0.2) is 0 Å². The lowest BCUT2D eigenvalue weighted by Crippen LogP contribution is -2.27. The van der Waals surface area contributed by atoms with E-state index in [9.17, 15) is 0 Å². The molecule has 1 aromatic rings. The quantitative estimate of drug-likeness (QED) is 0.751. The van der Waals surface area contributed by atoms with Crippen LogP contribution in [0.4, 0.5) is 5.69 Å². The van der Waals surface area contributed by atoms with Crippen LogP contribution in [0.25, 0.3) is 0 Å². The van der Waals surface area contributed by atoms with Crippen molar-refractivity contribution in [2.45, 2.75) is 34.2 Å². The number of aryl methyl sites for hydroxylation is 1. The summed E-state index contributed by atoms with van der Waals surface area (Å²) in [5.41, 5.74) is 4.77. The molecule has 0 saturated heterocycles. The van der Waals surface area contributed by atoms with E-state index in [4.69, 9.17) is 0 Å². The van der Waals surface area contributed by atoms with E-state index in [2.05, 4.69) is 48.6 Å². The maximum Gasteiger partial charge on any atom is 0.0448 e. The van der Waals surface area contributed by atoms with Crippen LogP contribution in [0.15, 0.2) is 24.4 Å². The molecule has 0 aliphatic heterocycles. The highest BCUT2D eigenvalue weighted by molar-refractivity contribution is 5.54. The molecular weight excluding hydrogens is 222 g/mol. The molecule has 1 rings (SSSR count). The monoisotopic (exact) mass is 247 g/mol. The minimum absolute atomic E-state index is 0.867. The minimum Gasteiger partial charge on any atom is -0.367 e. The molecule has 0 unspecified atom stereocenters. The summed E-state index contributed by atoms with van der Waals surface area (Å²) in [5.74, 6) is 0. The summed E-state index contributed by atoms with van der Waals surface area (Å²) < 4.78 is 0. The number of aromatic nitrogens is 1. The van der Waals surface area contributed by atoms with Gasteiger partial charge < -0.3 is 10.2 Å². The second kappa shape index (κ2) is 7.17. The number of rotatable bonds is 7. The van der Waals surface area contributed by atoms with Gasteiger partial charge in [0.05, 0.1) is 0 Å². The van der Waals surface area contributed by atoms with Gasteiger partial charge in [-0.3, -0.25) is 4.98 Å². The van der Waals surface area contributed by atoms with E-state index < -0.39 is 0 Å². The third kappa shape index (κ3) is 4.15. The molecule has 1 N–H and O–H groups in total. The Kier molecular flexibility index (Phi) is 5.86. The van der Waals surface area contributed by atoms with E-state index in [1.807, 2.05) is 13.1 Å². The average Bonchev–Trinajstić information content (AvgIpc) is 2.34. The highest BCUT2D eigenvalue weighted by Gasteiger charge is 2.10. The van der Waals surface area contributed by atoms with E-state index in [-0.39, 0.29) is 0 Å². The largest absolute Gasteiger partial charge is 0.367 e. The van der Waals surface area contributed by atoms with Gasteiger partial charge in [-0.05, 0) is 33.4 Å². The van der Waals surface area contributed by atoms with Crippen molar-refractivity contribution >= 4 is 5.69 Å². The highest BCUT2D eigenvalue weighted by Crippen LogP contribution is 2.21. The Morgan fingerprint density at radius 1 is 1.44 bits per heavy atom. The average molecular weight is 247 g/mol. The fourth-order valence-electron chi connectivity index (χ4n) is 1.96. The van der Waals surface area contributed by atoms with Gasteiger partial charge in [0.2, 0.25) is 0 Å². The number of hydrogen-bond donors (Lipinski definition) is 1. The van der Waals surface area contributed by atoms with Crippen molar-refractivity contribution in [2.75, 3.05) is 24.5 Å². The van der Waals surface area contributed by atoms with Gasteiger partial charge in [-0.1, -0.05) is 19.1 Å². The minimum atomic E-state index is 0.867. The second-order valence-electron chi connectivity index (χ2n) is 4.71. The van der Waals surface area contributed by atoms with Crippen molar-refractivity contribution in [3.63, 3.8) is 0 Å². The molecule has 3 nitrogen and oxygen atoms in total. The van der Waals surface area contributed by atoms with E-state index in [0.29, 0.717) is 0 Å². The highest BCUT2D eigenvalue weighted by atomic mass is 15.1. The molecule has 0 aliphatic carbocycles. The predicted octanol–water partition coefficient (Wildman–Crippen LogP) is 2.90. The van der Waals surface area contributed by atoms with Crippen LogP contribution in [0.2, 0.25) is 0 Å². The van der Waals surface area contributed by atoms with Crippen LogP contribution in [-0.4, -0.2) is 24.6 Å². The first-order valence-electron chi connectivity index (χ1n) is 6.64. The summed E-state index contributed by atoms with van der Waals surface area (Å²) in [6.07, 6.45) is 1.98.